The number of hydrogen-bond donors (Lipinski definition) is 1. The second-order valence-electron chi connectivity index (χ2n) is 5.67. The number of hydrogen-bond acceptors (Lipinski definition) is 5. The molecule has 3 aromatic rings. The molecular weight excluding hydrogens is 294 g/mol. The van der Waals surface area contributed by atoms with Crippen LogP contribution in [0.3, 0.4) is 0 Å². The van der Waals surface area contributed by atoms with Crippen LogP contribution in [0.15, 0.2) is 57.9 Å². The fourth-order valence-corrected chi connectivity index (χ4v) is 2.61. The van der Waals surface area contributed by atoms with E-state index in [0.29, 0.717) is 23.8 Å². The fourth-order valence-electron chi connectivity index (χ4n) is 2.61. The Kier molecular flexibility index (Phi) is 3.22. The number of pyridine rings is 1. The fraction of sp³-hybridized carbons (Fsp3) is 0.235. The topological polar surface area (TPSA) is 81.2 Å². The van der Waals surface area contributed by atoms with Gasteiger partial charge in [0.15, 0.2) is 5.76 Å². The number of rotatable bonds is 5. The number of furan rings is 1. The summed E-state index contributed by atoms with van der Waals surface area (Å²) in [6.07, 6.45) is 6.55. The van der Waals surface area contributed by atoms with E-state index in [0.717, 1.165) is 18.4 Å². The summed E-state index contributed by atoms with van der Waals surface area (Å²) in [5.41, 5.74) is 1.11. The third-order valence-corrected chi connectivity index (χ3v) is 4.15. The molecule has 116 valence electrons. The molecule has 1 aliphatic carbocycles. The summed E-state index contributed by atoms with van der Waals surface area (Å²) in [4.78, 5) is 16.5. The van der Waals surface area contributed by atoms with Gasteiger partial charge in [-0.2, -0.15) is 0 Å². The van der Waals surface area contributed by atoms with Crippen LogP contribution in [-0.2, 0) is 16.8 Å². The number of carbonyl (C=O) groups excluding carboxylic acids is 1. The maximum absolute atomic E-state index is 12.6. The van der Waals surface area contributed by atoms with Gasteiger partial charge in [-0.05, 0) is 42.7 Å². The van der Waals surface area contributed by atoms with Crippen LogP contribution in [0.1, 0.15) is 24.1 Å². The summed E-state index contributed by atoms with van der Waals surface area (Å²) in [5.74, 6) is 1.13. The van der Waals surface area contributed by atoms with Gasteiger partial charge < -0.3 is 14.3 Å². The van der Waals surface area contributed by atoms with Crippen LogP contribution in [0.25, 0.3) is 11.5 Å². The van der Waals surface area contributed by atoms with Crippen molar-refractivity contribution < 1.29 is 13.7 Å². The molecule has 23 heavy (non-hydrogen) atoms. The van der Waals surface area contributed by atoms with Crippen LogP contribution >= 0.6 is 0 Å². The third-order valence-electron chi connectivity index (χ3n) is 4.15. The summed E-state index contributed by atoms with van der Waals surface area (Å²) < 4.78 is 10.6. The molecule has 3 heterocycles. The number of carbonyl (C=O) groups is 1. The van der Waals surface area contributed by atoms with E-state index < -0.39 is 5.41 Å². The Morgan fingerprint density at radius 1 is 1.22 bits per heavy atom. The van der Waals surface area contributed by atoms with Crippen molar-refractivity contribution in [3.8, 4) is 11.5 Å². The molecule has 1 aliphatic rings. The van der Waals surface area contributed by atoms with Gasteiger partial charge in [0.05, 0.1) is 17.4 Å². The smallest absolute Gasteiger partial charge is 0.232 e. The zero-order chi connectivity index (χ0) is 15.7. The first kappa shape index (κ1) is 13.8. The van der Waals surface area contributed by atoms with E-state index in [1.165, 1.54) is 0 Å². The van der Waals surface area contributed by atoms with Crippen LogP contribution in [0, 0.1) is 0 Å². The zero-order valence-corrected chi connectivity index (χ0v) is 12.4. The van der Waals surface area contributed by atoms with Gasteiger partial charge in [-0.25, -0.2) is 0 Å². The Labute approximate surface area is 132 Å². The highest BCUT2D eigenvalue weighted by Crippen LogP contribution is 2.48. The Bertz CT molecular complexity index is 805. The van der Waals surface area contributed by atoms with Crippen LogP contribution < -0.4 is 5.32 Å². The average Bonchev–Trinajstić information content (AvgIpc) is 3.02. The molecule has 6 nitrogen and oxygen atoms in total. The minimum absolute atomic E-state index is 0.0198. The maximum atomic E-state index is 12.6. The van der Waals surface area contributed by atoms with E-state index in [1.54, 1.807) is 36.9 Å². The zero-order valence-electron chi connectivity index (χ0n) is 12.4. The Morgan fingerprint density at radius 2 is 2.04 bits per heavy atom. The van der Waals surface area contributed by atoms with E-state index in [2.05, 4.69) is 15.5 Å². The molecule has 0 spiro atoms. The quantitative estimate of drug-likeness (QED) is 0.783. The van der Waals surface area contributed by atoms with Crippen molar-refractivity contribution in [2.24, 2.45) is 0 Å². The van der Waals surface area contributed by atoms with Crippen molar-refractivity contribution in [2.45, 2.75) is 24.8 Å². The summed E-state index contributed by atoms with van der Waals surface area (Å²) in [5, 5.41) is 7.05. The summed E-state index contributed by atoms with van der Waals surface area (Å²) in [6.45, 7) is 0.478. The van der Waals surface area contributed by atoms with Gasteiger partial charge >= 0.3 is 0 Å². The van der Waals surface area contributed by atoms with Crippen LogP contribution in [0.2, 0.25) is 0 Å². The minimum atomic E-state index is -0.568. The summed E-state index contributed by atoms with van der Waals surface area (Å²) in [6, 6.07) is 9.13. The van der Waals surface area contributed by atoms with Crippen molar-refractivity contribution in [2.75, 3.05) is 0 Å². The maximum Gasteiger partial charge on any atom is 0.232 e. The van der Waals surface area contributed by atoms with Crippen LogP contribution in [-0.4, -0.2) is 16.0 Å². The molecule has 1 saturated carbocycles. The van der Waals surface area contributed by atoms with Crippen molar-refractivity contribution in [1.29, 1.82) is 0 Å². The predicted octanol–water partition coefficient (Wildman–Crippen LogP) is 2.68. The molecule has 1 fully saturated rings. The molecule has 0 radical (unpaired) electrons. The third kappa shape index (κ3) is 2.52. The molecule has 6 heteroatoms. The standard InChI is InChI=1S/C17H15N3O3/c21-16(19-11-12-3-7-18-8-4-12)17(5-6-17)15-10-14(23-20-15)13-2-1-9-22-13/h1-4,7-10H,5-6,11H2,(H,19,21). The van der Waals surface area contributed by atoms with Crippen molar-refractivity contribution in [3.63, 3.8) is 0 Å². The Balaban J connectivity index is 1.48. The molecule has 0 aromatic carbocycles. The van der Waals surface area contributed by atoms with E-state index in [9.17, 15) is 4.79 Å². The molecule has 0 unspecified atom stereocenters. The van der Waals surface area contributed by atoms with Gasteiger partial charge in [0.1, 0.15) is 0 Å². The van der Waals surface area contributed by atoms with E-state index in [1.807, 2.05) is 12.1 Å². The van der Waals surface area contributed by atoms with Crippen molar-refractivity contribution in [1.82, 2.24) is 15.5 Å². The first-order chi connectivity index (χ1) is 11.3. The van der Waals surface area contributed by atoms with E-state index >= 15 is 0 Å². The first-order valence-electron chi connectivity index (χ1n) is 7.46. The normalized spacial score (nSPS) is 15.3. The average molecular weight is 309 g/mol. The second-order valence-corrected chi connectivity index (χ2v) is 5.67. The number of nitrogens with one attached hydrogen (secondary N) is 1. The molecular formula is C17H15N3O3. The van der Waals surface area contributed by atoms with Gasteiger partial charge in [0.25, 0.3) is 0 Å². The number of aromatic nitrogens is 2. The molecule has 0 bridgehead atoms. The molecule has 3 aromatic heterocycles. The van der Waals surface area contributed by atoms with Crippen molar-refractivity contribution >= 4 is 5.91 Å². The van der Waals surface area contributed by atoms with E-state index in [-0.39, 0.29) is 5.91 Å². The lowest BCUT2D eigenvalue weighted by atomic mass is 10.0. The van der Waals surface area contributed by atoms with Crippen molar-refractivity contribution in [3.05, 3.63) is 60.2 Å². The van der Waals surface area contributed by atoms with E-state index in [4.69, 9.17) is 8.94 Å². The Morgan fingerprint density at radius 3 is 2.74 bits per heavy atom. The lowest BCUT2D eigenvalue weighted by Crippen LogP contribution is -2.34. The highest BCUT2D eigenvalue weighted by atomic mass is 16.5. The second kappa shape index (κ2) is 5.39. The van der Waals surface area contributed by atoms with Gasteiger partial charge in [0, 0.05) is 25.0 Å². The molecule has 0 atom stereocenters. The van der Waals surface area contributed by atoms with Gasteiger partial charge in [0.2, 0.25) is 11.7 Å². The number of nitrogens with zero attached hydrogens (tertiary/aromatic N) is 2. The SMILES string of the molecule is O=C(NCc1ccncc1)C1(c2cc(-c3ccco3)on2)CC1. The molecule has 0 aliphatic heterocycles. The van der Waals surface area contributed by atoms with Gasteiger partial charge in [-0.3, -0.25) is 9.78 Å². The first-order valence-corrected chi connectivity index (χ1v) is 7.46. The van der Waals surface area contributed by atoms with Gasteiger partial charge in [-0.15, -0.1) is 0 Å². The Hall–Kier alpha value is -2.89. The summed E-state index contributed by atoms with van der Waals surface area (Å²) in [7, 11) is 0. The highest BCUT2D eigenvalue weighted by Gasteiger charge is 2.53. The minimum Gasteiger partial charge on any atom is -0.461 e. The monoisotopic (exact) mass is 309 g/mol. The lowest BCUT2D eigenvalue weighted by molar-refractivity contribution is -0.123. The summed E-state index contributed by atoms with van der Waals surface area (Å²) >= 11 is 0. The predicted molar refractivity (Wildman–Crippen MR) is 81.2 cm³/mol. The molecule has 0 saturated heterocycles. The number of amides is 1. The molecule has 4 rings (SSSR count). The lowest BCUT2D eigenvalue weighted by Gasteiger charge is -2.12. The highest BCUT2D eigenvalue weighted by molar-refractivity contribution is 5.90. The molecule has 1 N–H and O–H groups in total. The molecule has 1 amide bonds. The van der Waals surface area contributed by atoms with Crippen LogP contribution in [0.4, 0.5) is 0 Å². The largest absolute Gasteiger partial charge is 0.461 e. The van der Waals surface area contributed by atoms with Crippen LogP contribution in [0.5, 0.6) is 0 Å². The van der Waals surface area contributed by atoms with Gasteiger partial charge in [-0.1, -0.05) is 5.16 Å².